The third-order valence-electron chi connectivity index (χ3n) is 6.10. The standard InChI is InChI=1S/C25H31FN2O3S/c1-24(2)12-13-25(3,4)20-14-17(6-9-19(20)24)8-11-23(29)27-16-18-7-10-22(21(26)15-18)28-32(5,30)31/h6-11,14-15,28H,12-13,16H2,1-5H3,(H,27,29)/b11-8+. The van der Waals surface area contributed by atoms with Crippen molar-refractivity contribution in [1.29, 1.82) is 0 Å². The predicted molar refractivity (Wildman–Crippen MR) is 127 cm³/mol. The fraction of sp³-hybridized carbons (Fsp3) is 0.400. The van der Waals surface area contributed by atoms with Crippen LogP contribution in [0.5, 0.6) is 0 Å². The zero-order valence-electron chi connectivity index (χ0n) is 19.3. The lowest BCUT2D eigenvalue weighted by molar-refractivity contribution is -0.116. The highest BCUT2D eigenvalue weighted by Gasteiger charge is 2.36. The van der Waals surface area contributed by atoms with E-state index in [2.05, 4.69) is 49.9 Å². The Morgan fingerprint density at radius 1 is 1.03 bits per heavy atom. The number of hydrogen-bond donors (Lipinski definition) is 2. The summed E-state index contributed by atoms with van der Waals surface area (Å²) < 4.78 is 38.7. The van der Waals surface area contributed by atoms with E-state index in [1.54, 1.807) is 12.1 Å². The molecule has 2 aromatic rings. The molecule has 0 atom stereocenters. The number of halogens is 1. The van der Waals surface area contributed by atoms with Gasteiger partial charge >= 0.3 is 0 Å². The number of carbonyl (C=O) groups is 1. The molecule has 0 aromatic heterocycles. The minimum atomic E-state index is -3.56. The van der Waals surface area contributed by atoms with Crippen molar-refractivity contribution in [3.8, 4) is 0 Å². The predicted octanol–water partition coefficient (Wildman–Crippen LogP) is 4.88. The van der Waals surface area contributed by atoms with E-state index in [1.807, 2.05) is 6.07 Å². The van der Waals surface area contributed by atoms with E-state index in [1.165, 1.54) is 29.3 Å². The largest absolute Gasteiger partial charge is 0.348 e. The van der Waals surface area contributed by atoms with Crippen LogP contribution in [0.3, 0.4) is 0 Å². The van der Waals surface area contributed by atoms with Crippen molar-refractivity contribution in [2.45, 2.75) is 57.9 Å². The third kappa shape index (κ3) is 5.76. The molecule has 2 N–H and O–H groups in total. The normalized spacial score (nSPS) is 17.1. The van der Waals surface area contributed by atoms with Crippen molar-refractivity contribution in [3.63, 3.8) is 0 Å². The first-order valence-corrected chi connectivity index (χ1v) is 12.5. The Kier molecular flexibility index (Phi) is 6.52. The maximum absolute atomic E-state index is 14.1. The summed E-state index contributed by atoms with van der Waals surface area (Å²) in [6.45, 7) is 9.20. The van der Waals surface area contributed by atoms with Gasteiger partial charge < -0.3 is 5.32 Å². The van der Waals surface area contributed by atoms with E-state index in [4.69, 9.17) is 0 Å². The summed E-state index contributed by atoms with van der Waals surface area (Å²) in [5.41, 5.74) is 4.31. The molecule has 0 heterocycles. The van der Waals surface area contributed by atoms with E-state index in [0.29, 0.717) is 5.56 Å². The van der Waals surface area contributed by atoms with Gasteiger partial charge in [0.1, 0.15) is 5.82 Å². The molecule has 172 valence electrons. The Labute approximate surface area is 190 Å². The van der Waals surface area contributed by atoms with Crippen LogP contribution in [-0.4, -0.2) is 20.6 Å². The van der Waals surface area contributed by atoms with Crippen LogP contribution in [0, 0.1) is 5.82 Å². The molecule has 32 heavy (non-hydrogen) atoms. The molecule has 0 fully saturated rings. The second kappa shape index (κ2) is 8.70. The molecule has 3 rings (SSSR count). The van der Waals surface area contributed by atoms with E-state index in [-0.39, 0.29) is 29.0 Å². The zero-order chi connectivity index (χ0) is 23.7. The summed E-state index contributed by atoms with van der Waals surface area (Å²) in [6.07, 6.45) is 6.48. The van der Waals surface area contributed by atoms with Gasteiger partial charge in [0.15, 0.2) is 0 Å². The van der Waals surface area contributed by atoms with Crippen molar-refractivity contribution < 1.29 is 17.6 Å². The number of benzene rings is 2. The van der Waals surface area contributed by atoms with Crippen molar-refractivity contribution in [3.05, 3.63) is 70.5 Å². The van der Waals surface area contributed by atoms with Crippen LogP contribution in [0.2, 0.25) is 0 Å². The molecule has 0 saturated heterocycles. The van der Waals surface area contributed by atoms with Crippen LogP contribution < -0.4 is 10.0 Å². The smallest absolute Gasteiger partial charge is 0.244 e. The minimum Gasteiger partial charge on any atom is -0.348 e. The molecule has 0 aliphatic heterocycles. The molecular formula is C25H31FN2O3S. The fourth-order valence-corrected chi connectivity index (χ4v) is 4.65. The van der Waals surface area contributed by atoms with Crippen LogP contribution in [0.25, 0.3) is 6.08 Å². The van der Waals surface area contributed by atoms with Crippen molar-refractivity contribution >= 4 is 27.7 Å². The Hall–Kier alpha value is -2.67. The van der Waals surface area contributed by atoms with Crippen molar-refractivity contribution in [1.82, 2.24) is 5.32 Å². The van der Waals surface area contributed by atoms with Gasteiger partial charge in [-0.05, 0) is 64.1 Å². The molecule has 0 saturated carbocycles. The summed E-state index contributed by atoms with van der Waals surface area (Å²) in [4.78, 5) is 12.3. The summed E-state index contributed by atoms with van der Waals surface area (Å²) in [5.74, 6) is -0.988. The molecule has 0 spiro atoms. The van der Waals surface area contributed by atoms with E-state index < -0.39 is 15.8 Å². The van der Waals surface area contributed by atoms with Gasteiger partial charge in [-0.15, -0.1) is 0 Å². The number of fused-ring (bicyclic) bond motifs is 1. The number of amides is 1. The molecule has 0 bridgehead atoms. The van der Waals surface area contributed by atoms with Crippen LogP contribution in [-0.2, 0) is 32.2 Å². The Bertz CT molecular complexity index is 1170. The van der Waals surface area contributed by atoms with Gasteiger partial charge in [0.2, 0.25) is 15.9 Å². The summed E-state index contributed by atoms with van der Waals surface area (Å²) in [6, 6.07) is 10.5. The Morgan fingerprint density at radius 3 is 2.31 bits per heavy atom. The van der Waals surface area contributed by atoms with E-state index >= 15 is 0 Å². The SMILES string of the molecule is CC1(C)CCC(C)(C)c2cc(/C=C/C(=O)NCc3ccc(NS(C)(=O)=O)c(F)c3)ccc21. The maximum atomic E-state index is 14.1. The van der Waals surface area contributed by atoms with Crippen LogP contribution in [0.4, 0.5) is 10.1 Å². The summed E-state index contributed by atoms with van der Waals surface area (Å²) in [5, 5.41) is 2.72. The second-order valence-electron chi connectivity index (χ2n) is 9.81. The minimum absolute atomic E-state index is 0.0964. The van der Waals surface area contributed by atoms with Gasteiger partial charge in [0.25, 0.3) is 0 Å². The van der Waals surface area contributed by atoms with Crippen molar-refractivity contribution in [2.75, 3.05) is 11.0 Å². The third-order valence-corrected chi connectivity index (χ3v) is 6.69. The molecule has 1 aliphatic rings. The van der Waals surface area contributed by atoms with Gasteiger partial charge in [-0.3, -0.25) is 9.52 Å². The highest BCUT2D eigenvalue weighted by atomic mass is 32.2. The number of sulfonamides is 1. The highest BCUT2D eigenvalue weighted by Crippen LogP contribution is 2.45. The summed E-state index contributed by atoms with van der Waals surface area (Å²) in [7, 11) is -3.56. The Balaban J connectivity index is 1.66. The van der Waals surface area contributed by atoms with Crippen LogP contribution >= 0.6 is 0 Å². The van der Waals surface area contributed by atoms with E-state index in [0.717, 1.165) is 24.7 Å². The van der Waals surface area contributed by atoms with Gasteiger partial charge in [0, 0.05) is 12.6 Å². The fourth-order valence-electron chi connectivity index (χ4n) is 4.08. The average molecular weight is 459 g/mol. The highest BCUT2D eigenvalue weighted by molar-refractivity contribution is 7.92. The molecule has 0 radical (unpaired) electrons. The van der Waals surface area contributed by atoms with Gasteiger partial charge in [-0.2, -0.15) is 0 Å². The number of rotatable bonds is 6. The first-order chi connectivity index (χ1) is 14.8. The molecule has 2 aromatic carbocycles. The molecule has 1 amide bonds. The molecule has 1 aliphatic carbocycles. The first kappa shape index (κ1) is 24.0. The van der Waals surface area contributed by atoms with Crippen LogP contribution in [0.15, 0.2) is 42.5 Å². The number of carbonyl (C=O) groups excluding carboxylic acids is 1. The molecule has 5 nitrogen and oxygen atoms in total. The topological polar surface area (TPSA) is 75.3 Å². The number of anilines is 1. The van der Waals surface area contributed by atoms with Crippen molar-refractivity contribution in [2.24, 2.45) is 0 Å². The van der Waals surface area contributed by atoms with Gasteiger partial charge in [0.05, 0.1) is 11.9 Å². The molecule has 7 heteroatoms. The summed E-state index contributed by atoms with van der Waals surface area (Å²) >= 11 is 0. The van der Waals surface area contributed by atoms with Gasteiger partial charge in [-0.25, -0.2) is 12.8 Å². The molecule has 0 unspecified atom stereocenters. The second-order valence-corrected chi connectivity index (χ2v) is 11.6. The lowest BCUT2D eigenvalue weighted by Gasteiger charge is -2.42. The maximum Gasteiger partial charge on any atom is 0.244 e. The zero-order valence-corrected chi connectivity index (χ0v) is 20.1. The Morgan fingerprint density at radius 2 is 1.69 bits per heavy atom. The number of nitrogens with one attached hydrogen (secondary N) is 2. The lowest BCUT2D eigenvalue weighted by Crippen LogP contribution is -2.33. The average Bonchev–Trinajstić information content (AvgIpc) is 2.69. The van der Waals surface area contributed by atoms with Gasteiger partial charge in [-0.1, -0.05) is 52.0 Å². The first-order valence-electron chi connectivity index (χ1n) is 10.6. The van der Waals surface area contributed by atoms with E-state index in [9.17, 15) is 17.6 Å². The monoisotopic (exact) mass is 458 g/mol. The quantitative estimate of drug-likeness (QED) is 0.606. The number of hydrogen-bond acceptors (Lipinski definition) is 3. The lowest BCUT2D eigenvalue weighted by atomic mass is 9.63. The van der Waals surface area contributed by atoms with Crippen LogP contribution in [0.1, 0.15) is 62.8 Å². The molecular weight excluding hydrogens is 427 g/mol.